The molecule has 0 aromatic heterocycles. The van der Waals surface area contributed by atoms with Gasteiger partial charge in [-0.15, -0.1) is 0 Å². The molecule has 0 spiro atoms. The van der Waals surface area contributed by atoms with Crippen LogP contribution in [0, 0.1) is 11.6 Å². The van der Waals surface area contributed by atoms with Crippen molar-refractivity contribution in [2.45, 2.75) is 13.0 Å². The molecular formula is C10H10F2N2O3. The molecule has 0 aliphatic carbocycles. The highest BCUT2D eigenvalue weighted by Gasteiger charge is 2.20. The predicted molar refractivity (Wildman–Crippen MR) is 54.8 cm³/mol. The van der Waals surface area contributed by atoms with Crippen LogP contribution in [0.15, 0.2) is 12.1 Å². The number of halogens is 2. The van der Waals surface area contributed by atoms with Crippen LogP contribution in [-0.4, -0.2) is 18.0 Å². The molecule has 1 aromatic carbocycles. The van der Waals surface area contributed by atoms with E-state index in [0.717, 1.165) is 0 Å². The lowest BCUT2D eigenvalue weighted by Crippen LogP contribution is -2.30. The standard InChI is InChI=1S/C10H10F2N2O3/c1-4(9(14)15)17-10(16)5-2-7(12)8(13)3-6(5)11/h2-4H,13H2,1H3,(H2,14,15). The van der Waals surface area contributed by atoms with Crippen molar-refractivity contribution in [2.24, 2.45) is 5.73 Å². The number of benzene rings is 1. The molecule has 92 valence electrons. The number of esters is 1. The van der Waals surface area contributed by atoms with E-state index < -0.39 is 40.9 Å². The van der Waals surface area contributed by atoms with E-state index in [1.54, 1.807) is 0 Å². The van der Waals surface area contributed by atoms with Gasteiger partial charge in [-0.1, -0.05) is 0 Å². The van der Waals surface area contributed by atoms with E-state index in [4.69, 9.17) is 11.5 Å². The number of hydrogen-bond donors (Lipinski definition) is 2. The summed E-state index contributed by atoms with van der Waals surface area (Å²) >= 11 is 0. The Bertz CT molecular complexity index is 477. The molecule has 0 heterocycles. The van der Waals surface area contributed by atoms with Gasteiger partial charge in [-0.2, -0.15) is 0 Å². The highest BCUT2D eigenvalue weighted by Crippen LogP contribution is 2.17. The normalized spacial score (nSPS) is 11.9. The lowest BCUT2D eigenvalue weighted by atomic mass is 10.2. The number of hydrogen-bond acceptors (Lipinski definition) is 4. The van der Waals surface area contributed by atoms with Crippen molar-refractivity contribution in [1.29, 1.82) is 0 Å². The van der Waals surface area contributed by atoms with E-state index in [1.807, 2.05) is 0 Å². The van der Waals surface area contributed by atoms with Crippen molar-refractivity contribution >= 4 is 17.6 Å². The van der Waals surface area contributed by atoms with Crippen LogP contribution in [0.4, 0.5) is 14.5 Å². The van der Waals surface area contributed by atoms with Crippen molar-refractivity contribution in [1.82, 2.24) is 0 Å². The van der Waals surface area contributed by atoms with Crippen LogP contribution < -0.4 is 11.5 Å². The third kappa shape index (κ3) is 2.90. The second kappa shape index (κ2) is 4.77. The molecule has 1 rings (SSSR count). The Morgan fingerprint density at radius 1 is 1.29 bits per heavy atom. The Balaban J connectivity index is 2.97. The number of carbonyl (C=O) groups excluding carboxylic acids is 2. The number of nitrogens with two attached hydrogens (primary N) is 2. The maximum absolute atomic E-state index is 13.3. The number of anilines is 1. The first-order valence-electron chi connectivity index (χ1n) is 4.57. The van der Waals surface area contributed by atoms with Crippen molar-refractivity contribution in [3.8, 4) is 0 Å². The maximum atomic E-state index is 13.3. The Labute approximate surface area is 95.3 Å². The molecule has 1 unspecified atom stereocenters. The van der Waals surface area contributed by atoms with Crippen molar-refractivity contribution in [3.63, 3.8) is 0 Å². The molecule has 4 N–H and O–H groups in total. The minimum atomic E-state index is -1.23. The summed E-state index contributed by atoms with van der Waals surface area (Å²) in [6, 6.07) is 1.25. The zero-order chi connectivity index (χ0) is 13.2. The molecule has 5 nitrogen and oxygen atoms in total. The van der Waals surface area contributed by atoms with Crippen LogP contribution in [0.3, 0.4) is 0 Å². The summed E-state index contributed by atoms with van der Waals surface area (Å²) in [5.41, 5.74) is 8.87. The van der Waals surface area contributed by atoms with E-state index in [1.165, 1.54) is 6.92 Å². The number of amides is 1. The zero-order valence-corrected chi connectivity index (χ0v) is 8.87. The van der Waals surface area contributed by atoms with Gasteiger partial charge in [0.25, 0.3) is 5.91 Å². The van der Waals surface area contributed by atoms with Crippen LogP contribution in [0.2, 0.25) is 0 Å². The second-order valence-corrected chi connectivity index (χ2v) is 3.30. The summed E-state index contributed by atoms with van der Waals surface area (Å²) in [4.78, 5) is 22.0. The summed E-state index contributed by atoms with van der Waals surface area (Å²) in [6.45, 7) is 1.21. The molecule has 0 saturated carbocycles. The predicted octanol–water partition coefficient (Wildman–Crippen LogP) is 0.578. The van der Waals surface area contributed by atoms with Gasteiger partial charge in [-0.3, -0.25) is 4.79 Å². The van der Waals surface area contributed by atoms with Gasteiger partial charge >= 0.3 is 5.97 Å². The van der Waals surface area contributed by atoms with Crippen LogP contribution in [0.1, 0.15) is 17.3 Å². The molecule has 0 aliphatic rings. The summed E-state index contributed by atoms with van der Waals surface area (Å²) in [5, 5.41) is 0. The van der Waals surface area contributed by atoms with Crippen LogP contribution in [0.5, 0.6) is 0 Å². The number of carbonyl (C=O) groups is 2. The Morgan fingerprint density at radius 3 is 2.41 bits per heavy atom. The van der Waals surface area contributed by atoms with Gasteiger partial charge in [0.2, 0.25) is 0 Å². The fourth-order valence-electron chi connectivity index (χ4n) is 1.00. The SMILES string of the molecule is CC(OC(=O)c1cc(F)c(N)cc1F)C(N)=O. The molecule has 0 fully saturated rings. The molecule has 0 bridgehead atoms. The van der Waals surface area contributed by atoms with Gasteiger partial charge in [-0.05, 0) is 13.0 Å². The average Bonchev–Trinajstić information content (AvgIpc) is 2.22. The molecule has 1 amide bonds. The van der Waals surface area contributed by atoms with Gasteiger partial charge in [-0.25, -0.2) is 13.6 Å². The number of primary amides is 1. The number of rotatable bonds is 3. The van der Waals surface area contributed by atoms with E-state index in [-0.39, 0.29) is 0 Å². The van der Waals surface area contributed by atoms with Crippen LogP contribution in [-0.2, 0) is 9.53 Å². The van der Waals surface area contributed by atoms with E-state index in [0.29, 0.717) is 12.1 Å². The molecule has 0 aliphatic heterocycles. The minimum absolute atomic E-state index is 0.429. The summed E-state index contributed by atoms with van der Waals surface area (Å²) in [6.07, 6.45) is -1.23. The fourth-order valence-corrected chi connectivity index (χ4v) is 1.00. The Morgan fingerprint density at radius 2 is 1.88 bits per heavy atom. The quantitative estimate of drug-likeness (QED) is 0.600. The number of nitrogen functional groups attached to an aromatic ring is 1. The van der Waals surface area contributed by atoms with Gasteiger partial charge in [0.15, 0.2) is 6.10 Å². The average molecular weight is 244 g/mol. The van der Waals surface area contributed by atoms with Crippen molar-refractivity contribution in [3.05, 3.63) is 29.3 Å². The monoisotopic (exact) mass is 244 g/mol. The second-order valence-electron chi connectivity index (χ2n) is 3.30. The van der Waals surface area contributed by atoms with Gasteiger partial charge in [0.05, 0.1) is 11.3 Å². The molecule has 7 heteroatoms. The third-order valence-corrected chi connectivity index (χ3v) is 1.99. The molecule has 1 aromatic rings. The van der Waals surface area contributed by atoms with Gasteiger partial charge < -0.3 is 16.2 Å². The molecule has 1 atom stereocenters. The maximum Gasteiger partial charge on any atom is 0.342 e. The first-order chi connectivity index (χ1) is 7.82. The highest BCUT2D eigenvalue weighted by molar-refractivity contribution is 5.92. The fraction of sp³-hybridized carbons (Fsp3) is 0.200. The molecule has 0 saturated heterocycles. The van der Waals surface area contributed by atoms with Gasteiger partial charge in [0, 0.05) is 6.07 Å². The van der Waals surface area contributed by atoms with Crippen LogP contribution >= 0.6 is 0 Å². The summed E-state index contributed by atoms with van der Waals surface area (Å²) < 4.78 is 30.8. The summed E-state index contributed by atoms with van der Waals surface area (Å²) in [7, 11) is 0. The first kappa shape index (κ1) is 12.9. The smallest absolute Gasteiger partial charge is 0.342 e. The van der Waals surface area contributed by atoms with Crippen LogP contribution in [0.25, 0.3) is 0 Å². The topological polar surface area (TPSA) is 95.4 Å². The first-order valence-corrected chi connectivity index (χ1v) is 4.57. The van der Waals surface area contributed by atoms with Crippen molar-refractivity contribution < 1.29 is 23.1 Å². The molecule has 17 heavy (non-hydrogen) atoms. The van der Waals surface area contributed by atoms with E-state index in [9.17, 15) is 18.4 Å². The number of ether oxygens (including phenoxy) is 1. The lowest BCUT2D eigenvalue weighted by molar-refractivity contribution is -0.125. The van der Waals surface area contributed by atoms with E-state index >= 15 is 0 Å². The Kier molecular flexibility index (Phi) is 3.62. The minimum Gasteiger partial charge on any atom is -0.449 e. The van der Waals surface area contributed by atoms with E-state index in [2.05, 4.69) is 4.74 Å². The zero-order valence-electron chi connectivity index (χ0n) is 8.87. The Hall–Kier alpha value is -2.18. The lowest BCUT2D eigenvalue weighted by Gasteiger charge is -2.10. The summed E-state index contributed by atoms with van der Waals surface area (Å²) in [5.74, 6) is -4.07. The van der Waals surface area contributed by atoms with Gasteiger partial charge in [0.1, 0.15) is 11.6 Å². The van der Waals surface area contributed by atoms with Crippen molar-refractivity contribution in [2.75, 3.05) is 5.73 Å². The molecular weight excluding hydrogens is 234 g/mol. The highest BCUT2D eigenvalue weighted by atomic mass is 19.1. The third-order valence-electron chi connectivity index (χ3n) is 1.99. The largest absolute Gasteiger partial charge is 0.449 e. The molecule has 0 radical (unpaired) electrons.